The molecule has 7 heteroatoms. The van der Waals surface area contributed by atoms with Crippen LogP contribution in [0.15, 0.2) is 59.5 Å². The molecule has 2 aromatic carbocycles. The van der Waals surface area contributed by atoms with Crippen molar-refractivity contribution in [1.82, 2.24) is 10.2 Å². The maximum Gasteiger partial charge on any atom is 0.321 e. The highest BCUT2D eigenvalue weighted by atomic mass is 35.5. The second-order valence-corrected chi connectivity index (χ2v) is 8.63. The Kier molecular flexibility index (Phi) is 7.23. The summed E-state index contributed by atoms with van der Waals surface area (Å²) in [5.74, 6) is 0.0205. The number of thioether (sulfide) groups is 1. The molecule has 2 N–H and O–H groups in total. The van der Waals surface area contributed by atoms with E-state index in [1.54, 1.807) is 4.90 Å². The number of halogens is 1. The highest BCUT2D eigenvalue weighted by Gasteiger charge is 2.25. The first-order chi connectivity index (χ1) is 13.5. The van der Waals surface area contributed by atoms with Gasteiger partial charge in [-0.1, -0.05) is 29.8 Å². The maximum atomic E-state index is 12.5. The molecule has 1 fully saturated rings. The molecule has 3 amide bonds. The van der Waals surface area contributed by atoms with Crippen LogP contribution in [0.25, 0.3) is 0 Å². The minimum absolute atomic E-state index is 0.0205. The fraction of sp³-hybridized carbons (Fsp3) is 0.333. The second kappa shape index (κ2) is 9.85. The molecule has 1 saturated heterocycles. The normalized spacial score (nSPS) is 15.7. The van der Waals surface area contributed by atoms with Gasteiger partial charge in [0.2, 0.25) is 5.91 Å². The Hall–Kier alpha value is -2.18. The van der Waals surface area contributed by atoms with E-state index < -0.39 is 0 Å². The molecule has 0 radical (unpaired) electrons. The molecule has 0 aromatic heterocycles. The summed E-state index contributed by atoms with van der Waals surface area (Å²) in [5, 5.41) is 6.51. The van der Waals surface area contributed by atoms with Crippen LogP contribution in [0.3, 0.4) is 0 Å². The zero-order valence-corrected chi connectivity index (χ0v) is 17.3. The number of nitrogens with zero attached hydrogens (tertiary/aromatic N) is 1. The van der Waals surface area contributed by atoms with Crippen molar-refractivity contribution in [2.45, 2.75) is 36.0 Å². The number of hydrogen-bond donors (Lipinski definition) is 2. The van der Waals surface area contributed by atoms with Crippen molar-refractivity contribution in [2.24, 2.45) is 0 Å². The average molecular weight is 418 g/mol. The lowest BCUT2D eigenvalue weighted by Gasteiger charge is -2.32. The van der Waals surface area contributed by atoms with Gasteiger partial charge >= 0.3 is 6.03 Å². The SMILES string of the molecule is CC(Sc1ccc(Cl)cc1)C(=O)NC1CCN(C(=O)Nc2ccccc2)CC1. The van der Waals surface area contributed by atoms with E-state index in [9.17, 15) is 9.59 Å². The number of piperidine rings is 1. The zero-order valence-electron chi connectivity index (χ0n) is 15.7. The minimum atomic E-state index is -0.194. The third-order valence-electron chi connectivity index (χ3n) is 4.65. The van der Waals surface area contributed by atoms with Crippen LogP contribution < -0.4 is 10.6 Å². The van der Waals surface area contributed by atoms with Gasteiger partial charge in [0.25, 0.3) is 0 Å². The van der Waals surface area contributed by atoms with E-state index >= 15 is 0 Å². The number of benzene rings is 2. The number of amides is 3. The van der Waals surface area contributed by atoms with Gasteiger partial charge in [0.05, 0.1) is 5.25 Å². The second-order valence-electron chi connectivity index (χ2n) is 6.78. The smallest absolute Gasteiger partial charge is 0.321 e. The van der Waals surface area contributed by atoms with Crippen LogP contribution in [0.5, 0.6) is 0 Å². The van der Waals surface area contributed by atoms with Crippen LogP contribution in [0.1, 0.15) is 19.8 Å². The predicted molar refractivity (Wildman–Crippen MR) is 115 cm³/mol. The van der Waals surface area contributed by atoms with Gasteiger partial charge in [-0.3, -0.25) is 4.79 Å². The Morgan fingerprint density at radius 3 is 2.36 bits per heavy atom. The Labute approximate surface area is 174 Å². The third kappa shape index (κ3) is 5.91. The summed E-state index contributed by atoms with van der Waals surface area (Å²) in [5.41, 5.74) is 0.788. The quantitative estimate of drug-likeness (QED) is 0.697. The molecule has 1 heterocycles. The van der Waals surface area contributed by atoms with Gasteiger partial charge in [0.15, 0.2) is 0 Å². The number of carbonyl (C=O) groups is 2. The number of rotatable bonds is 5. The fourth-order valence-corrected chi connectivity index (χ4v) is 4.04. The van der Waals surface area contributed by atoms with Gasteiger partial charge in [-0.25, -0.2) is 4.79 Å². The van der Waals surface area contributed by atoms with Gasteiger partial charge in [-0.15, -0.1) is 11.8 Å². The van der Waals surface area contributed by atoms with Crippen molar-refractivity contribution in [1.29, 1.82) is 0 Å². The number of hydrogen-bond acceptors (Lipinski definition) is 3. The van der Waals surface area contributed by atoms with Crippen molar-refractivity contribution in [3.05, 3.63) is 59.6 Å². The standard InChI is InChI=1S/C21H24ClN3O2S/c1-15(28-19-9-7-16(22)8-10-19)20(26)23-18-11-13-25(14-12-18)21(27)24-17-5-3-2-4-6-17/h2-10,15,18H,11-14H2,1H3,(H,23,26)(H,24,27). The molecule has 1 aliphatic heterocycles. The highest BCUT2D eigenvalue weighted by Crippen LogP contribution is 2.25. The van der Waals surface area contributed by atoms with Crippen LogP contribution in [0, 0.1) is 0 Å². The summed E-state index contributed by atoms with van der Waals surface area (Å²) in [4.78, 5) is 27.6. The molecule has 5 nitrogen and oxygen atoms in total. The molecule has 0 aliphatic carbocycles. The molecule has 0 saturated carbocycles. The monoisotopic (exact) mass is 417 g/mol. The van der Waals surface area contributed by atoms with Crippen molar-refractivity contribution < 1.29 is 9.59 Å². The Balaban J connectivity index is 1.42. The number of carbonyl (C=O) groups excluding carboxylic acids is 2. The first-order valence-corrected chi connectivity index (χ1v) is 10.6. The molecule has 1 unspecified atom stereocenters. The molecule has 28 heavy (non-hydrogen) atoms. The largest absolute Gasteiger partial charge is 0.352 e. The van der Waals surface area contributed by atoms with Crippen LogP contribution in [0.4, 0.5) is 10.5 Å². The van der Waals surface area contributed by atoms with Crippen molar-refractivity contribution in [3.8, 4) is 0 Å². The topological polar surface area (TPSA) is 61.4 Å². The summed E-state index contributed by atoms with van der Waals surface area (Å²) in [6, 6.07) is 16.9. The van der Waals surface area contributed by atoms with Gasteiger partial charge in [0.1, 0.15) is 0 Å². The number of nitrogens with one attached hydrogen (secondary N) is 2. The molecule has 1 atom stereocenters. The Bertz CT molecular complexity index is 793. The van der Waals surface area contributed by atoms with Crippen molar-refractivity contribution in [2.75, 3.05) is 18.4 Å². The summed E-state index contributed by atoms with van der Waals surface area (Å²) in [6.45, 7) is 3.15. The first-order valence-electron chi connectivity index (χ1n) is 9.35. The number of para-hydroxylation sites is 1. The van der Waals surface area contributed by atoms with Gasteiger partial charge in [-0.05, 0) is 56.2 Å². The molecular weight excluding hydrogens is 394 g/mol. The molecule has 148 valence electrons. The Morgan fingerprint density at radius 2 is 1.71 bits per heavy atom. The van der Waals surface area contributed by atoms with Gasteiger partial charge in [-0.2, -0.15) is 0 Å². The fourth-order valence-electron chi connectivity index (χ4n) is 3.04. The lowest BCUT2D eigenvalue weighted by atomic mass is 10.1. The molecule has 2 aromatic rings. The van der Waals surface area contributed by atoms with Crippen molar-refractivity contribution in [3.63, 3.8) is 0 Å². The molecular formula is C21H24ClN3O2S. The van der Waals surface area contributed by atoms with Crippen LogP contribution in [-0.2, 0) is 4.79 Å². The molecule has 3 rings (SSSR count). The minimum Gasteiger partial charge on any atom is -0.352 e. The van der Waals surface area contributed by atoms with E-state index in [1.807, 2.05) is 61.5 Å². The molecule has 0 bridgehead atoms. The van der Waals surface area contributed by atoms with Crippen LogP contribution in [-0.4, -0.2) is 41.2 Å². The predicted octanol–water partition coefficient (Wildman–Crippen LogP) is 4.63. The number of likely N-dealkylation sites (tertiary alicyclic amines) is 1. The van der Waals surface area contributed by atoms with Crippen LogP contribution in [0.2, 0.25) is 5.02 Å². The number of anilines is 1. The molecule has 1 aliphatic rings. The van der Waals surface area contributed by atoms with E-state index in [0.717, 1.165) is 23.4 Å². The van der Waals surface area contributed by atoms with E-state index in [2.05, 4.69) is 10.6 Å². The highest BCUT2D eigenvalue weighted by molar-refractivity contribution is 8.00. The lowest BCUT2D eigenvalue weighted by Crippen LogP contribution is -2.49. The molecule has 0 spiro atoms. The summed E-state index contributed by atoms with van der Waals surface area (Å²) < 4.78 is 0. The van der Waals surface area contributed by atoms with Crippen molar-refractivity contribution >= 4 is 41.0 Å². The van der Waals surface area contributed by atoms with E-state index in [4.69, 9.17) is 11.6 Å². The third-order valence-corrected chi connectivity index (χ3v) is 6.01. The Morgan fingerprint density at radius 1 is 1.07 bits per heavy atom. The van der Waals surface area contributed by atoms with Gasteiger partial charge in [0, 0.05) is 34.7 Å². The summed E-state index contributed by atoms with van der Waals surface area (Å²) in [6.07, 6.45) is 1.51. The summed E-state index contributed by atoms with van der Waals surface area (Å²) >= 11 is 7.41. The average Bonchev–Trinajstić information content (AvgIpc) is 2.71. The van der Waals surface area contributed by atoms with E-state index in [1.165, 1.54) is 11.8 Å². The number of urea groups is 1. The maximum absolute atomic E-state index is 12.5. The van der Waals surface area contributed by atoms with E-state index in [0.29, 0.717) is 18.1 Å². The van der Waals surface area contributed by atoms with Gasteiger partial charge < -0.3 is 15.5 Å². The van der Waals surface area contributed by atoms with E-state index in [-0.39, 0.29) is 23.2 Å². The summed E-state index contributed by atoms with van der Waals surface area (Å²) in [7, 11) is 0. The lowest BCUT2D eigenvalue weighted by molar-refractivity contribution is -0.121. The van der Waals surface area contributed by atoms with Crippen LogP contribution >= 0.6 is 23.4 Å². The first kappa shape index (κ1) is 20.6. The zero-order chi connectivity index (χ0) is 19.9.